The van der Waals surface area contributed by atoms with Crippen molar-refractivity contribution in [1.82, 2.24) is 10.6 Å². The molecule has 1 aromatic rings. The molecule has 0 saturated heterocycles. The van der Waals surface area contributed by atoms with Crippen LogP contribution in [0.2, 0.25) is 0 Å². The molecule has 1 atom stereocenters. The van der Waals surface area contributed by atoms with Crippen LogP contribution < -0.4 is 10.6 Å². The minimum atomic E-state index is -0.463. The highest BCUT2D eigenvalue weighted by atomic mass is 16.6. The van der Waals surface area contributed by atoms with Crippen molar-refractivity contribution in [2.75, 3.05) is 6.54 Å². The molecule has 1 amide bonds. The normalized spacial score (nSPS) is 12.8. The standard InChI is InChI=1S/C18H30N2O2/c1-6-14(2)11-19-12-15-7-9-16(10-8-15)13-20-17(21)22-18(3,4)5/h7-10,14,19H,6,11-13H2,1-5H3,(H,20,21). The van der Waals surface area contributed by atoms with Crippen LogP contribution in [0.5, 0.6) is 0 Å². The van der Waals surface area contributed by atoms with Gasteiger partial charge in [0.2, 0.25) is 0 Å². The first-order chi connectivity index (χ1) is 10.3. The lowest BCUT2D eigenvalue weighted by Gasteiger charge is -2.19. The maximum absolute atomic E-state index is 11.6. The van der Waals surface area contributed by atoms with Crippen LogP contribution >= 0.6 is 0 Å². The van der Waals surface area contributed by atoms with Crippen LogP contribution in [-0.2, 0) is 17.8 Å². The predicted octanol–water partition coefficient (Wildman–Crippen LogP) is 3.85. The highest BCUT2D eigenvalue weighted by Gasteiger charge is 2.15. The van der Waals surface area contributed by atoms with Crippen LogP contribution in [-0.4, -0.2) is 18.2 Å². The molecule has 0 bridgehead atoms. The van der Waals surface area contributed by atoms with Gasteiger partial charge in [0, 0.05) is 13.1 Å². The van der Waals surface area contributed by atoms with Crippen molar-refractivity contribution < 1.29 is 9.53 Å². The fraction of sp³-hybridized carbons (Fsp3) is 0.611. The molecule has 1 rings (SSSR count). The van der Waals surface area contributed by atoms with E-state index in [0.29, 0.717) is 12.5 Å². The molecule has 1 aromatic carbocycles. The SMILES string of the molecule is CCC(C)CNCc1ccc(CNC(=O)OC(C)(C)C)cc1. The zero-order valence-electron chi connectivity index (χ0n) is 14.5. The minimum absolute atomic E-state index is 0.383. The summed E-state index contributed by atoms with van der Waals surface area (Å²) >= 11 is 0. The summed E-state index contributed by atoms with van der Waals surface area (Å²) in [4.78, 5) is 11.6. The van der Waals surface area contributed by atoms with E-state index in [9.17, 15) is 4.79 Å². The van der Waals surface area contributed by atoms with Crippen LogP contribution in [0.15, 0.2) is 24.3 Å². The van der Waals surface area contributed by atoms with Crippen molar-refractivity contribution in [3.63, 3.8) is 0 Å². The zero-order chi connectivity index (χ0) is 16.6. The molecule has 0 radical (unpaired) electrons. The Bertz CT molecular complexity index is 449. The number of amides is 1. The molecule has 4 nitrogen and oxygen atoms in total. The Labute approximate surface area is 134 Å². The molecular weight excluding hydrogens is 276 g/mol. The molecule has 0 aromatic heterocycles. The van der Waals surface area contributed by atoms with Gasteiger partial charge in [0.15, 0.2) is 0 Å². The molecule has 0 aliphatic rings. The molecule has 1 unspecified atom stereocenters. The lowest BCUT2D eigenvalue weighted by Crippen LogP contribution is -2.32. The molecule has 0 spiro atoms. The second-order valence-corrected chi connectivity index (χ2v) is 6.82. The molecule has 22 heavy (non-hydrogen) atoms. The van der Waals surface area contributed by atoms with Crippen molar-refractivity contribution >= 4 is 6.09 Å². The maximum atomic E-state index is 11.6. The number of hydrogen-bond donors (Lipinski definition) is 2. The van der Waals surface area contributed by atoms with E-state index in [1.165, 1.54) is 12.0 Å². The van der Waals surface area contributed by atoms with Crippen molar-refractivity contribution in [2.24, 2.45) is 5.92 Å². The van der Waals surface area contributed by atoms with E-state index in [2.05, 4.69) is 36.6 Å². The minimum Gasteiger partial charge on any atom is -0.444 e. The topological polar surface area (TPSA) is 50.4 Å². The van der Waals surface area contributed by atoms with E-state index in [-0.39, 0.29) is 6.09 Å². The van der Waals surface area contributed by atoms with Gasteiger partial charge in [0.05, 0.1) is 0 Å². The van der Waals surface area contributed by atoms with Gasteiger partial charge in [-0.05, 0) is 44.4 Å². The molecule has 0 aliphatic carbocycles. The molecule has 0 heterocycles. The van der Waals surface area contributed by atoms with E-state index in [0.717, 1.165) is 18.7 Å². The van der Waals surface area contributed by atoms with Gasteiger partial charge in [-0.25, -0.2) is 4.79 Å². The Kier molecular flexibility index (Phi) is 7.39. The summed E-state index contributed by atoms with van der Waals surface area (Å²) in [5.74, 6) is 0.706. The first kappa shape index (κ1) is 18.5. The first-order valence-electron chi connectivity index (χ1n) is 8.05. The monoisotopic (exact) mass is 306 g/mol. The Hall–Kier alpha value is -1.55. The smallest absolute Gasteiger partial charge is 0.407 e. The average Bonchev–Trinajstić information content (AvgIpc) is 2.44. The van der Waals surface area contributed by atoms with Crippen molar-refractivity contribution in [1.29, 1.82) is 0 Å². The lowest BCUT2D eigenvalue weighted by molar-refractivity contribution is 0.0523. The highest BCUT2D eigenvalue weighted by molar-refractivity contribution is 5.67. The Morgan fingerprint density at radius 3 is 2.18 bits per heavy atom. The van der Waals surface area contributed by atoms with Gasteiger partial charge in [-0.1, -0.05) is 44.5 Å². The van der Waals surface area contributed by atoms with Gasteiger partial charge >= 0.3 is 6.09 Å². The molecular formula is C18H30N2O2. The van der Waals surface area contributed by atoms with Gasteiger partial charge in [0.1, 0.15) is 5.60 Å². The third kappa shape index (κ3) is 8.03. The second-order valence-electron chi connectivity index (χ2n) is 6.82. The molecule has 0 fully saturated rings. The Morgan fingerprint density at radius 2 is 1.68 bits per heavy atom. The number of benzene rings is 1. The average molecular weight is 306 g/mol. The molecule has 0 aliphatic heterocycles. The van der Waals surface area contributed by atoms with Crippen LogP contribution in [0, 0.1) is 5.92 Å². The summed E-state index contributed by atoms with van der Waals surface area (Å²) in [6, 6.07) is 8.26. The van der Waals surface area contributed by atoms with E-state index >= 15 is 0 Å². The Morgan fingerprint density at radius 1 is 1.14 bits per heavy atom. The first-order valence-corrected chi connectivity index (χ1v) is 8.05. The number of nitrogens with one attached hydrogen (secondary N) is 2. The number of alkyl carbamates (subject to hydrolysis) is 1. The van der Waals surface area contributed by atoms with Gasteiger partial charge in [0.25, 0.3) is 0 Å². The zero-order valence-corrected chi connectivity index (χ0v) is 14.5. The third-order valence-electron chi connectivity index (χ3n) is 3.38. The fourth-order valence-corrected chi connectivity index (χ4v) is 1.87. The molecule has 0 saturated carbocycles. The quantitative estimate of drug-likeness (QED) is 0.804. The highest BCUT2D eigenvalue weighted by Crippen LogP contribution is 2.08. The van der Waals surface area contributed by atoms with Crippen LogP contribution in [0.25, 0.3) is 0 Å². The maximum Gasteiger partial charge on any atom is 0.407 e. The summed E-state index contributed by atoms with van der Waals surface area (Å²) in [6.45, 7) is 12.4. The summed E-state index contributed by atoms with van der Waals surface area (Å²) in [5, 5.41) is 6.22. The summed E-state index contributed by atoms with van der Waals surface area (Å²) in [7, 11) is 0. The van der Waals surface area contributed by atoms with Crippen molar-refractivity contribution in [3.8, 4) is 0 Å². The van der Waals surface area contributed by atoms with Crippen LogP contribution in [0.4, 0.5) is 4.79 Å². The number of carbonyl (C=O) groups is 1. The van der Waals surface area contributed by atoms with Gasteiger partial charge in [-0.3, -0.25) is 0 Å². The predicted molar refractivity (Wildman–Crippen MR) is 90.7 cm³/mol. The summed E-state index contributed by atoms with van der Waals surface area (Å²) in [6.07, 6.45) is 0.814. The van der Waals surface area contributed by atoms with E-state index in [4.69, 9.17) is 4.74 Å². The van der Waals surface area contributed by atoms with Crippen molar-refractivity contribution in [3.05, 3.63) is 35.4 Å². The van der Waals surface area contributed by atoms with Crippen molar-refractivity contribution in [2.45, 2.75) is 59.7 Å². The van der Waals surface area contributed by atoms with Gasteiger partial charge in [-0.15, -0.1) is 0 Å². The number of rotatable bonds is 7. The largest absolute Gasteiger partial charge is 0.444 e. The number of hydrogen-bond acceptors (Lipinski definition) is 3. The van der Waals surface area contributed by atoms with Gasteiger partial charge in [-0.2, -0.15) is 0 Å². The van der Waals surface area contributed by atoms with E-state index in [1.54, 1.807) is 0 Å². The fourth-order valence-electron chi connectivity index (χ4n) is 1.87. The van der Waals surface area contributed by atoms with E-state index in [1.807, 2.05) is 32.9 Å². The Balaban J connectivity index is 2.34. The third-order valence-corrected chi connectivity index (χ3v) is 3.38. The van der Waals surface area contributed by atoms with Crippen LogP contribution in [0.1, 0.15) is 52.2 Å². The molecule has 4 heteroatoms. The second kappa shape index (κ2) is 8.79. The number of ether oxygens (including phenoxy) is 1. The molecule has 124 valence electrons. The van der Waals surface area contributed by atoms with Crippen LogP contribution in [0.3, 0.4) is 0 Å². The van der Waals surface area contributed by atoms with Gasteiger partial charge < -0.3 is 15.4 Å². The summed E-state index contributed by atoms with van der Waals surface area (Å²) in [5.41, 5.74) is 1.86. The summed E-state index contributed by atoms with van der Waals surface area (Å²) < 4.78 is 5.21. The lowest BCUT2D eigenvalue weighted by atomic mass is 10.1. The van der Waals surface area contributed by atoms with E-state index < -0.39 is 5.60 Å². The molecule has 2 N–H and O–H groups in total. The number of carbonyl (C=O) groups excluding carboxylic acids is 1.